The maximum atomic E-state index is 12.7. The van der Waals surface area contributed by atoms with Gasteiger partial charge in [-0.2, -0.15) is 5.26 Å². The van der Waals surface area contributed by atoms with E-state index in [1.165, 1.54) is 0 Å². The Morgan fingerprint density at radius 1 is 0.730 bits per heavy atom. The second kappa shape index (κ2) is 12.9. The molecule has 0 saturated heterocycles. The molecule has 0 atom stereocenters. The Morgan fingerprint density at radius 3 is 1.65 bits per heavy atom. The van der Waals surface area contributed by atoms with Gasteiger partial charge in [0.2, 0.25) is 0 Å². The Labute approximate surface area is 232 Å². The van der Waals surface area contributed by atoms with Crippen LogP contribution in [0.3, 0.4) is 0 Å². The summed E-state index contributed by atoms with van der Waals surface area (Å²) in [5.41, 5.74) is 3.39. The highest BCUT2D eigenvalue weighted by molar-refractivity contribution is 9.10. The first kappa shape index (κ1) is 26.2. The molecule has 1 amide bonds. The molecule has 0 bridgehead atoms. The minimum Gasteiger partial charge on any atom is -0.489 e. The van der Waals surface area contributed by atoms with Crippen molar-refractivity contribution in [3.63, 3.8) is 0 Å². The molecule has 0 fully saturated rings. The number of benzene rings is 4. The third kappa shape index (κ3) is 8.07. The van der Waals surface area contributed by atoms with Crippen molar-refractivity contribution >= 4 is 49.5 Å². The van der Waals surface area contributed by atoms with E-state index in [9.17, 15) is 10.1 Å². The van der Waals surface area contributed by atoms with Gasteiger partial charge in [-0.25, -0.2) is 0 Å². The van der Waals surface area contributed by atoms with Gasteiger partial charge in [0.25, 0.3) is 5.91 Å². The van der Waals surface area contributed by atoms with Crippen molar-refractivity contribution < 1.29 is 14.3 Å². The summed E-state index contributed by atoms with van der Waals surface area (Å²) in [4.78, 5) is 12.7. The van der Waals surface area contributed by atoms with Gasteiger partial charge in [-0.05, 0) is 83.4 Å². The Hall–Kier alpha value is -3.86. The monoisotopic (exact) mass is 616 g/mol. The average molecular weight is 618 g/mol. The molecule has 0 aliphatic rings. The number of hydrogen-bond donors (Lipinski definition) is 1. The number of ether oxygens (including phenoxy) is 2. The summed E-state index contributed by atoms with van der Waals surface area (Å²) in [6.07, 6.45) is 1.55. The molecule has 1 N–H and O–H groups in total. The van der Waals surface area contributed by atoms with Crippen molar-refractivity contribution in [3.8, 4) is 17.6 Å². The van der Waals surface area contributed by atoms with Crippen molar-refractivity contribution in [3.05, 3.63) is 128 Å². The first-order valence-electron chi connectivity index (χ1n) is 11.4. The molecule has 37 heavy (non-hydrogen) atoms. The number of nitrogens with zero attached hydrogens (tertiary/aromatic N) is 1. The molecule has 0 radical (unpaired) electrons. The summed E-state index contributed by atoms with van der Waals surface area (Å²) < 4.78 is 13.6. The molecule has 7 heteroatoms. The van der Waals surface area contributed by atoms with Gasteiger partial charge in [0, 0.05) is 14.6 Å². The summed E-state index contributed by atoms with van der Waals surface area (Å²) in [6.45, 7) is 0.886. The third-order valence-electron chi connectivity index (χ3n) is 5.31. The summed E-state index contributed by atoms with van der Waals surface area (Å²) in [5.74, 6) is 0.895. The van der Waals surface area contributed by atoms with Crippen molar-refractivity contribution in [1.82, 2.24) is 0 Å². The molecular weight excluding hydrogens is 596 g/mol. The highest BCUT2D eigenvalue weighted by atomic mass is 79.9. The number of nitriles is 1. The molecule has 4 rings (SSSR count). The molecular formula is C30H22Br2N2O3. The van der Waals surface area contributed by atoms with Gasteiger partial charge in [0.05, 0.1) is 0 Å². The van der Waals surface area contributed by atoms with Gasteiger partial charge in [-0.15, -0.1) is 0 Å². The third-order valence-corrected chi connectivity index (χ3v) is 6.36. The SMILES string of the molecule is N#C/C(=C\c1ccc(OCc2ccc(Br)cc2)cc1)C(=O)Nc1ccc(OCc2ccc(Br)cc2)cc1. The number of carbonyl (C=O) groups is 1. The topological polar surface area (TPSA) is 71.3 Å². The van der Waals surface area contributed by atoms with Crippen molar-refractivity contribution in [1.29, 1.82) is 5.26 Å². The Balaban J connectivity index is 1.31. The zero-order valence-electron chi connectivity index (χ0n) is 19.7. The fourth-order valence-corrected chi connectivity index (χ4v) is 3.83. The van der Waals surface area contributed by atoms with Crippen molar-refractivity contribution in [2.75, 3.05) is 5.32 Å². The fraction of sp³-hybridized carbons (Fsp3) is 0.0667. The molecule has 0 aliphatic carbocycles. The van der Waals surface area contributed by atoms with Crippen LogP contribution in [0, 0.1) is 11.3 Å². The molecule has 0 unspecified atom stereocenters. The number of amides is 1. The van der Waals surface area contributed by atoms with Gasteiger partial charge >= 0.3 is 0 Å². The molecule has 4 aromatic rings. The zero-order chi connectivity index (χ0) is 26.0. The smallest absolute Gasteiger partial charge is 0.266 e. The largest absolute Gasteiger partial charge is 0.489 e. The Kier molecular flexibility index (Phi) is 9.14. The molecule has 4 aromatic carbocycles. The van der Waals surface area contributed by atoms with Crippen LogP contribution in [0.25, 0.3) is 6.08 Å². The second-order valence-corrected chi connectivity index (χ2v) is 9.88. The van der Waals surface area contributed by atoms with E-state index in [1.54, 1.807) is 42.5 Å². The van der Waals surface area contributed by atoms with Crippen LogP contribution in [0.2, 0.25) is 0 Å². The summed E-state index contributed by atoms with van der Waals surface area (Å²) in [5, 5.41) is 12.3. The molecule has 0 heterocycles. The summed E-state index contributed by atoms with van der Waals surface area (Å²) in [7, 11) is 0. The molecule has 0 saturated carbocycles. The van der Waals surface area contributed by atoms with Crippen molar-refractivity contribution in [2.45, 2.75) is 13.2 Å². The van der Waals surface area contributed by atoms with E-state index < -0.39 is 5.91 Å². The lowest BCUT2D eigenvalue weighted by Crippen LogP contribution is -2.13. The maximum absolute atomic E-state index is 12.7. The van der Waals surface area contributed by atoms with Crippen LogP contribution in [0.5, 0.6) is 11.5 Å². The minimum atomic E-state index is -0.485. The number of nitrogens with one attached hydrogen (secondary N) is 1. The van der Waals surface area contributed by atoms with E-state index in [-0.39, 0.29) is 5.57 Å². The number of halogens is 2. The van der Waals surface area contributed by atoms with Gasteiger partial charge in [-0.3, -0.25) is 4.79 Å². The van der Waals surface area contributed by atoms with E-state index in [4.69, 9.17) is 9.47 Å². The molecule has 5 nitrogen and oxygen atoms in total. The number of hydrogen-bond acceptors (Lipinski definition) is 4. The van der Waals surface area contributed by atoms with Gasteiger partial charge in [-0.1, -0.05) is 68.3 Å². The molecule has 0 spiro atoms. The van der Waals surface area contributed by atoms with E-state index in [0.29, 0.717) is 30.4 Å². The number of rotatable bonds is 9. The molecule has 184 valence electrons. The van der Waals surface area contributed by atoms with Crippen LogP contribution < -0.4 is 14.8 Å². The molecule has 0 aromatic heterocycles. The zero-order valence-corrected chi connectivity index (χ0v) is 22.8. The van der Waals surface area contributed by atoms with Gasteiger partial charge < -0.3 is 14.8 Å². The normalized spacial score (nSPS) is 10.9. The first-order chi connectivity index (χ1) is 18.0. The van der Waals surface area contributed by atoms with E-state index >= 15 is 0 Å². The number of carbonyl (C=O) groups excluding carboxylic acids is 1. The lowest BCUT2D eigenvalue weighted by atomic mass is 10.1. The second-order valence-electron chi connectivity index (χ2n) is 8.05. The average Bonchev–Trinajstić information content (AvgIpc) is 2.92. The first-order valence-corrected chi connectivity index (χ1v) is 12.9. The molecule has 0 aliphatic heterocycles. The lowest BCUT2D eigenvalue weighted by Gasteiger charge is -2.09. The highest BCUT2D eigenvalue weighted by Crippen LogP contribution is 2.20. The van der Waals surface area contributed by atoms with Crippen LogP contribution in [0.4, 0.5) is 5.69 Å². The van der Waals surface area contributed by atoms with Crippen molar-refractivity contribution in [2.24, 2.45) is 0 Å². The van der Waals surface area contributed by atoms with Gasteiger partial charge in [0.15, 0.2) is 0 Å². The predicted octanol–water partition coefficient (Wildman–Crippen LogP) is 7.92. The maximum Gasteiger partial charge on any atom is 0.266 e. The van der Waals surface area contributed by atoms with E-state index in [1.807, 2.05) is 66.7 Å². The summed E-state index contributed by atoms with van der Waals surface area (Å²) in [6, 6.07) is 32.0. The van der Waals surface area contributed by atoms with Crippen LogP contribution in [0.1, 0.15) is 16.7 Å². The summed E-state index contributed by atoms with van der Waals surface area (Å²) >= 11 is 6.83. The quantitative estimate of drug-likeness (QED) is 0.153. The van der Waals surface area contributed by atoms with Crippen LogP contribution in [-0.4, -0.2) is 5.91 Å². The standard InChI is InChI=1S/C30H22Br2N2O3/c31-25-7-1-22(2-8-25)19-36-28-13-5-21(6-14-28)17-24(18-33)30(35)34-27-11-15-29(16-12-27)37-20-23-3-9-26(32)10-4-23/h1-17H,19-20H2,(H,34,35)/b24-17+. The highest BCUT2D eigenvalue weighted by Gasteiger charge is 2.10. The number of anilines is 1. The van der Waals surface area contributed by atoms with Gasteiger partial charge in [0.1, 0.15) is 36.4 Å². The lowest BCUT2D eigenvalue weighted by molar-refractivity contribution is -0.112. The Bertz CT molecular complexity index is 1410. The van der Waals surface area contributed by atoms with E-state index in [0.717, 1.165) is 25.6 Å². The predicted molar refractivity (Wildman–Crippen MR) is 152 cm³/mol. The Morgan fingerprint density at radius 2 is 1.19 bits per heavy atom. The van der Waals surface area contributed by atoms with E-state index in [2.05, 4.69) is 37.2 Å². The van der Waals surface area contributed by atoms with Crippen LogP contribution in [0.15, 0.2) is 112 Å². The fourth-order valence-electron chi connectivity index (χ4n) is 3.30. The van der Waals surface area contributed by atoms with Crippen LogP contribution in [-0.2, 0) is 18.0 Å². The minimum absolute atomic E-state index is 0.000837. The van der Waals surface area contributed by atoms with Crippen LogP contribution >= 0.6 is 31.9 Å².